The molecule has 0 amide bonds. The number of pyridine rings is 1. The normalized spacial score (nSPS) is 11.9. The van der Waals surface area contributed by atoms with Crippen molar-refractivity contribution >= 4 is 22.4 Å². The minimum absolute atomic E-state index is 0.145. The fraction of sp³-hybridized carbons (Fsp3) is 0.280. The average Bonchev–Trinajstić information content (AvgIpc) is 3.38. The van der Waals surface area contributed by atoms with E-state index in [0.717, 1.165) is 58.6 Å². The SMILES string of the molecule is C=CCc1c(O)cnc2c1ccn2Cc1sc(-c2ccc(C(F)(F)F)cc2)nc1CCCC. The van der Waals surface area contributed by atoms with Crippen molar-refractivity contribution in [2.45, 2.75) is 45.3 Å². The van der Waals surface area contributed by atoms with E-state index in [-0.39, 0.29) is 5.75 Å². The second kappa shape index (κ2) is 9.39. The number of thiazole rings is 1. The number of hydrogen-bond acceptors (Lipinski definition) is 4. The van der Waals surface area contributed by atoms with Crippen LogP contribution < -0.4 is 0 Å². The molecule has 33 heavy (non-hydrogen) atoms. The summed E-state index contributed by atoms with van der Waals surface area (Å²) in [6, 6.07) is 7.08. The van der Waals surface area contributed by atoms with E-state index < -0.39 is 11.7 Å². The zero-order valence-electron chi connectivity index (χ0n) is 18.2. The van der Waals surface area contributed by atoms with Gasteiger partial charge in [0, 0.05) is 27.6 Å². The van der Waals surface area contributed by atoms with Crippen LogP contribution in [0.25, 0.3) is 21.6 Å². The smallest absolute Gasteiger partial charge is 0.416 e. The molecule has 0 aliphatic rings. The maximum absolute atomic E-state index is 12.9. The first-order chi connectivity index (χ1) is 15.8. The van der Waals surface area contributed by atoms with E-state index in [2.05, 4.69) is 18.5 Å². The van der Waals surface area contributed by atoms with Crippen molar-refractivity contribution in [1.82, 2.24) is 14.5 Å². The zero-order chi connectivity index (χ0) is 23.6. The molecule has 0 radical (unpaired) electrons. The molecule has 0 aliphatic heterocycles. The fourth-order valence-electron chi connectivity index (χ4n) is 3.79. The molecule has 0 bridgehead atoms. The molecule has 0 saturated heterocycles. The van der Waals surface area contributed by atoms with Crippen molar-refractivity contribution in [3.8, 4) is 16.3 Å². The largest absolute Gasteiger partial charge is 0.506 e. The first-order valence-electron chi connectivity index (χ1n) is 10.7. The summed E-state index contributed by atoms with van der Waals surface area (Å²) in [5, 5.41) is 11.8. The fourth-order valence-corrected chi connectivity index (χ4v) is 4.91. The van der Waals surface area contributed by atoms with Crippen molar-refractivity contribution in [3.05, 3.63) is 77.1 Å². The van der Waals surface area contributed by atoms with Crippen LogP contribution in [0.2, 0.25) is 0 Å². The summed E-state index contributed by atoms with van der Waals surface area (Å²) in [6.45, 7) is 6.42. The van der Waals surface area contributed by atoms with Crippen LogP contribution in [-0.2, 0) is 25.6 Å². The van der Waals surface area contributed by atoms with Gasteiger partial charge in [-0.25, -0.2) is 9.97 Å². The highest BCUT2D eigenvalue weighted by molar-refractivity contribution is 7.15. The lowest BCUT2D eigenvalue weighted by Crippen LogP contribution is -2.03. The molecule has 0 aliphatic carbocycles. The highest BCUT2D eigenvalue weighted by Crippen LogP contribution is 2.34. The zero-order valence-corrected chi connectivity index (χ0v) is 19.0. The monoisotopic (exact) mass is 471 g/mol. The Morgan fingerprint density at radius 1 is 1.18 bits per heavy atom. The number of unbranched alkanes of at least 4 members (excludes halogenated alkanes) is 1. The molecule has 8 heteroatoms. The Morgan fingerprint density at radius 2 is 1.94 bits per heavy atom. The van der Waals surface area contributed by atoms with Crippen LogP contribution in [0.3, 0.4) is 0 Å². The molecule has 4 rings (SSSR count). The van der Waals surface area contributed by atoms with Gasteiger partial charge in [-0.1, -0.05) is 31.6 Å². The second-order valence-electron chi connectivity index (χ2n) is 7.86. The summed E-state index contributed by atoms with van der Waals surface area (Å²) in [7, 11) is 0. The number of nitrogens with zero attached hydrogens (tertiary/aromatic N) is 3. The Labute approximate surface area is 194 Å². The molecular formula is C25H24F3N3OS. The summed E-state index contributed by atoms with van der Waals surface area (Å²) in [6.07, 6.45) is 4.11. The van der Waals surface area contributed by atoms with Gasteiger partial charge in [-0.2, -0.15) is 13.2 Å². The van der Waals surface area contributed by atoms with E-state index in [1.54, 1.807) is 6.08 Å². The first-order valence-corrected chi connectivity index (χ1v) is 11.6. The predicted octanol–water partition coefficient (Wildman–Crippen LogP) is 7.00. The summed E-state index contributed by atoms with van der Waals surface area (Å²) < 4.78 is 40.8. The molecule has 3 aromatic heterocycles. The van der Waals surface area contributed by atoms with Crippen LogP contribution in [-0.4, -0.2) is 19.6 Å². The van der Waals surface area contributed by atoms with E-state index >= 15 is 0 Å². The number of hydrogen-bond donors (Lipinski definition) is 1. The third kappa shape index (κ3) is 4.80. The third-order valence-corrected chi connectivity index (χ3v) is 6.68. The molecule has 0 spiro atoms. The van der Waals surface area contributed by atoms with Gasteiger partial charge in [0.15, 0.2) is 0 Å². The van der Waals surface area contributed by atoms with Crippen molar-refractivity contribution in [3.63, 3.8) is 0 Å². The van der Waals surface area contributed by atoms with Gasteiger partial charge >= 0.3 is 6.18 Å². The number of fused-ring (bicyclic) bond motifs is 1. The number of aromatic nitrogens is 3. The molecular weight excluding hydrogens is 447 g/mol. The van der Waals surface area contributed by atoms with E-state index in [1.807, 2.05) is 16.8 Å². The van der Waals surface area contributed by atoms with Crippen LogP contribution in [0.5, 0.6) is 5.75 Å². The van der Waals surface area contributed by atoms with Gasteiger partial charge < -0.3 is 9.67 Å². The van der Waals surface area contributed by atoms with Crippen LogP contribution in [0.4, 0.5) is 13.2 Å². The Morgan fingerprint density at radius 3 is 2.61 bits per heavy atom. The number of benzene rings is 1. The number of halogens is 3. The minimum Gasteiger partial charge on any atom is -0.506 e. The predicted molar refractivity (Wildman–Crippen MR) is 126 cm³/mol. The number of alkyl halides is 3. The van der Waals surface area contributed by atoms with Gasteiger partial charge in [-0.15, -0.1) is 17.9 Å². The van der Waals surface area contributed by atoms with Gasteiger partial charge in [0.1, 0.15) is 16.4 Å². The Bertz CT molecular complexity index is 1270. The van der Waals surface area contributed by atoms with Gasteiger partial charge in [-0.3, -0.25) is 0 Å². The van der Waals surface area contributed by atoms with Crippen LogP contribution in [0, 0.1) is 0 Å². The van der Waals surface area contributed by atoms with E-state index in [4.69, 9.17) is 4.98 Å². The van der Waals surface area contributed by atoms with Crippen molar-refractivity contribution in [2.75, 3.05) is 0 Å². The topological polar surface area (TPSA) is 50.9 Å². The van der Waals surface area contributed by atoms with Gasteiger partial charge in [0.05, 0.1) is 24.0 Å². The summed E-state index contributed by atoms with van der Waals surface area (Å²) in [4.78, 5) is 10.3. The number of allylic oxidation sites excluding steroid dienone is 1. The molecule has 172 valence electrons. The number of rotatable bonds is 8. The molecule has 4 nitrogen and oxygen atoms in total. The molecule has 0 unspecified atom stereocenters. The molecule has 4 aromatic rings. The Balaban J connectivity index is 1.70. The van der Waals surface area contributed by atoms with Gasteiger partial charge in [0.2, 0.25) is 0 Å². The van der Waals surface area contributed by atoms with Gasteiger partial charge in [-0.05, 0) is 37.5 Å². The van der Waals surface area contributed by atoms with Crippen molar-refractivity contribution < 1.29 is 18.3 Å². The highest BCUT2D eigenvalue weighted by atomic mass is 32.1. The van der Waals surface area contributed by atoms with E-state index in [9.17, 15) is 18.3 Å². The summed E-state index contributed by atoms with van der Waals surface area (Å²) in [5.41, 5.74) is 2.51. The highest BCUT2D eigenvalue weighted by Gasteiger charge is 2.30. The van der Waals surface area contributed by atoms with E-state index in [0.29, 0.717) is 23.5 Å². The van der Waals surface area contributed by atoms with Crippen molar-refractivity contribution in [1.29, 1.82) is 0 Å². The lowest BCUT2D eigenvalue weighted by molar-refractivity contribution is -0.137. The lowest BCUT2D eigenvalue weighted by atomic mass is 10.1. The minimum atomic E-state index is -4.36. The second-order valence-corrected chi connectivity index (χ2v) is 8.95. The van der Waals surface area contributed by atoms with Crippen LogP contribution in [0.1, 0.15) is 41.5 Å². The maximum Gasteiger partial charge on any atom is 0.416 e. The van der Waals surface area contributed by atoms with Crippen LogP contribution in [0.15, 0.2) is 55.4 Å². The van der Waals surface area contributed by atoms with Crippen LogP contribution >= 0.6 is 11.3 Å². The third-order valence-electron chi connectivity index (χ3n) is 5.54. The number of aromatic hydroxyl groups is 1. The van der Waals surface area contributed by atoms with Crippen molar-refractivity contribution in [2.24, 2.45) is 0 Å². The Kier molecular flexibility index (Phi) is 6.56. The molecule has 0 fully saturated rings. The summed E-state index contributed by atoms with van der Waals surface area (Å²) >= 11 is 1.49. The standard InChI is InChI=1S/C25H24F3N3OS/c1-3-5-7-20-22(33-24(30-20)16-8-10-17(11-9-16)25(26,27)28)15-31-13-12-19-18(6-4-2)21(32)14-29-23(19)31/h4,8-14,32H,2-3,5-7,15H2,1H3. The Hall–Kier alpha value is -3.13. The average molecular weight is 472 g/mol. The van der Waals surface area contributed by atoms with Gasteiger partial charge in [0.25, 0.3) is 0 Å². The maximum atomic E-state index is 12.9. The summed E-state index contributed by atoms with van der Waals surface area (Å²) in [5.74, 6) is 0.145. The molecule has 1 N–H and O–H groups in total. The first kappa shape index (κ1) is 23.0. The molecule has 1 aromatic carbocycles. The number of aryl methyl sites for hydroxylation is 1. The molecule has 0 atom stereocenters. The van der Waals surface area contributed by atoms with E-state index in [1.165, 1.54) is 29.7 Å². The quantitative estimate of drug-likeness (QED) is 0.281. The lowest BCUT2D eigenvalue weighted by Gasteiger charge is -2.07. The molecule has 0 saturated carbocycles. The molecule has 3 heterocycles.